The summed E-state index contributed by atoms with van der Waals surface area (Å²) in [6.45, 7) is 1.62. The smallest absolute Gasteiger partial charge is 0.328 e. The number of ether oxygens (including phenoxy) is 5. The standard InChI is InChI=1S/C27H34O8/c28-21-18-23(35-26-13-5-7-15-33-26)27(20(21)17-24(29)30)22(34-25-12-4-6-14-32-25)11-8-16-31-19-9-2-1-3-10-19/h1-3,9-11,17,23,25-27H,4-8,12-16,18H2,(H,29,30)/b20-17?,22-11+/t23-,25?,26?,27+/m1/s1. The first kappa shape index (κ1) is 25.4. The predicted molar refractivity (Wildman–Crippen MR) is 127 cm³/mol. The molecule has 1 aromatic carbocycles. The van der Waals surface area contributed by atoms with E-state index in [1.165, 1.54) is 0 Å². The molecule has 1 aromatic rings. The van der Waals surface area contributed by atoms with E-state index in [-0.39, 0.29) is 17.8 Å². The van der Waals surface area contributed by atoms with Crippen molar-refractivity contribution in [2.24, 2.45) is 5.92 Å². The van der Waals surface area contributed by atoms with Gasteiger partial charge >= 0.3 is 5.97 Å². The van der Waals surface area contributed by atoms with Gasteiger partial charge in [-0.1, -0.05) is 18.2 Å². The number of aliphatic carboxylic acids is 1. The Bertz CT molecular complexity index is 897. The Kier molecular flexibility index (Phi) is 9.34. The number of carbonyl (C=O) groups excluding carboxylic acids is 1. The van der Waals surface area contributed by atoms with Crippen LogP contribution in [0.3, 0.4) is 0 Å². The summed E-state index contributed by atoms with van der Waals surface area (Å²) < 4.78 is 29.9. The average Bonchev–Trinajstić information content (AvgIpc) is 3.16. The Balaban J connectivity index is 1.55. The number of para-hydroxylation sites is 1. The number of benzene rings is 1. The minimum absolute atomic E-state index is 0.0797. The summed E-state index contributed by atoms with van der Waals surface area (Å²) in [7, 11) is 0. The van der Waals surface area contributed by atoms with Crippen molar-refractivity contribution in [1.82, 2.24) is 0 Å². The van der Waals surface area contributed by atoms with Crippen molar-refractivity contribution >= 4 is 11.8 Å². The van der Waals surface area contributed by atoms with Crippen LogP contribution in [0.25, 0.3) is 0 Å². The van der Waals surface area contributed by atoms with Gasteiger partial charge in [-0.15, -0.1) is 0 Å². The summed E-state index contributed by atoms with van der Waals surface area (Å²) in [5, 5.41) is 9.46. The van der Waals surface area contributed by atoms with Gasteiger partial charge in [0.2, 0.25) is 0 Å². The predicted octanol–water partition coefficient (Wildman–Crippen LogP) is 4.39. The highest BCUT2D eigenvalue weighted by Crippen LogP contribution is 2.39. The molecule has 1 aliphatic carbocycles. The molecule has 0 bridgehead atoms. The minimum Gasteiger partial charge on any atom is -0.493 e. The van der Waals surface area contributed by atoms with Gasteiger partial charge in [-0.05, 0) is 50.3 Å². The first-order chi connectivity index (χ1) is 17.1. The van der Waals surface area contributed by atoms with E-state index >= 15 is 0 Å². The number of ketones is 1. The van der Waals surface area contributed by atoms with Gasteiger partial charge in [-0.2, -0.15) is 0 Å². The summed E-state index contributed by atoms with van der Waals surface area (Å²) in [6, 6.07) is 9.50. The highest BCUT2D eigenvalue weighted by atomic mass is 16.7. The molecule has 8 nitrogen and oxygen atoms in total. The molecular weight excluding hydrogens is 452 g/mol. The fourth-order valence-electron chi connectivity index (χ4n) is 4.67. The van der Waals surface area contributed by atoms with Crippen molar-refractivity contribution in [2.75, 3.05) is 19.8 Å². The maximum Gasteiger partial charge on any atom is 0.328 e. The number of carboxylic acids is 1. The third-order valence-electron chi connectivity index (χ3n) is 6.35. The van der Waals surface area contributed by atoms with Gasteiger partial charge in [-0.25, -0.2) is 4.79 Å². The fraction of sp³-hybridized carbons (Fsp3) is 0.556. The van der Waals surface area contributed by atoms with Crippen LogP contribution in [0, 0.1) is 5.92 Å². The highest BCUT2D eigenvalue weighted by molar-refractivity contribution is 6.03. The van der Waals surface area contributed by atoms with Gasteiger partial charge in [0.25, 0.3) is 0 Å². The van der Waals surface area contributed by atoms with Gasteiger partial charge in [0, 0.05) is 37.5 Å². The van der Waals surface area contributed by atoms with Crippen molar-refractivity contribution in [2.45, 2.75) is 70.1 Å². The lowest BCUT2D eigenvalue weighted by atomic mass is 9.96. The monoisotopic (exact) mass is 486 g/mol. The van der Waals surface area contributed by atoms with Crippen LogP contribution in [0.2, 0.25) is 0 Å². The normalized spacial score (nSPS) is 28.7. The summed E-state index contributed by atoms with van der Waals surface area (Å²) in [6.07, 6.45) is 7.40. The van der Waals surface area contributed by atoms with Crippen molar-refractivity contribution in [3.05, 3.63) is 53.8 Å². The number of carbonyl (C=O) groups is 2. The lowest BCUT2D eigenvalue weighted by molar-refractivity contribution is -0.197. The molecule has 0 aromatic heterocycles. The van der Waals surface area contributed by atoms with Crippen LogP contribution in [-0.4, -0.2) is 55.4 Å². The lowest BCUT2D eigenvalue weighted by Crippen LogP contribution is -2.33. The van der Waals surface area contributed by atoms with Crippen molar-refractivity contribution in [3.63, 3.8) is 0 Å². The fourth-order valence-corrected chi connectivity index (χ4v) is 4.67. The molecule has 4 rings (SSSR count). The Hall–Kier alpha value is -2.68. The number of Topliss-reactive ketones (excluding diaryl/α,β-unsaturated/α-hetero) is 1. The summed E-state index contributed by atoms with van der Waals surface area (Å²) in [5.74, 6) is -0.817. The summed E-state index contributed by atoms with van der Waals surface area (Å²) >= 11 is 0. The van der Waals surface area contributed by atoms with Gasteiger partial charge in [0.15, 0.2) is 18.4 Å². The Morgan fingerprint density at radius 2 is 1.74 bits per heavy atom. The molecule has 4 atom stereocenters. The Morgan fingerprint density at radius 1 is 1.03 bits per heavy atom. The molecule has 0 radical (unpaired) electrons. The van der Waals surface area contributed by atoms with Crippen LogP contribution in [0.1, 0.15) is 51.4 Å². The molecule has 1 saturated carbocycles. The topological polar surface area (TPSA) is 101 Å². The molecule has 2 saturated heterocycles. The van der Waals surface area contributed by atoms with E-state index in [4.69, 9.17) is 23.7 Å². The number of hydrogen-bond donors (Lipinski definition) is 1. The van der Waals surface area contributed by atoms with Gasteiger partial charge in [0.05, 0.1) is 25.2 Å². The largest absolute Gasteiger partial charge is 0.493 e. The van der Waals surface area contributed by atoms with Crippen molar-refractivity contribution in [3.8, 4) is 5.75 Å². The van der Waals surface area contributed by atoms with Gasteiger partial charge < -0.3 is 28.8 Å². The van der Waals surface area contributed by atoms with Crippen LogP contribution in [0.4, 0.5) is 0 Å². The first-order valence-corrected chi connectivity index (χ1v) is 12.5. The molecule has 2 unspecified atom stereocenters. The second-order valence-electron chi connectivity index (χ2n) is 8.98. The number of carboxylic acid groups (broad SMARTS) is 1. The van der Waals surface area contributed by atoms with Crippen molar-refractivity contribution < 1.29 is 38.4 Å². The maximum absolute atomic E-state index is 12.9. The van der Waals surface area contributed by atoms with E-state index in [9.17, 15) is 14.7 Å². The SMILES string of the molecule is O=C(O)C=C1C(=O)C[C@@H](OC2CCCCO2)[C@@H]1/C(=C\CCOc1ccccc1)OC1CCCCO1. The van der Waals surface area contributed by atoms with E-state index < -0.39 is 30.6 Å². The van der Waals surface area contributed by atoms with Crippen LogP contribution in [-0.2, 0) is 28.5 Å². The molecule has 2 heterocycles. The Labute approximate surface area is 205 Å². The van der Waals surface area contributed by atoms with Gasteiger partial charge in [0.1, 0.15) is 11.5 Å². The molecular formula is C27H34O8. The Morgan fingerprint density at radius 3 is 2.40 bits per heavy atom. The summed E-state index contributed by atoms with van der Waals surface area (Å²) in [4.78, 5) is 24.5. The highest BCUT2D eigenvalue weighted by Gasteiger charge is 2.44. The third-order valence-corrected chi connectivity index (χ3v) is 6.35. The molecule has 190 valence electrons. The zero-order valence-corrected chi connectivity index (χ0v) is 19.9. The van der Waals surface area contributed by atoms with Crippen LogP contribution >= 0.6 is 0 Å². The average molecular weight is 487 g/mol. The van der Waals surface area contributed by atoms with E-state index in [2.05, 4.69) is 0 Å². The first-order valence-electron chi connectivity index (χ1n) is 12.5. The van der Waals surface area contributed by atoms with E-state index in [0.29, 0.717) is 32.0 Å². The van der Waals surface area contributed by atoms with Crippen LogP contribution in [0.15, 0.2) is 53.8 Å². The van der Waals surface area contributed by atoms with Crippen LogP contribution in [0.5, 0.6) is 5.75 Å². The van der Waals surface area contributed by atoms with E-state index in [1.807, 2.05) is 36.4 Å². The number of hydrogen-bond acceptors (Lipinski definition) is 7. The molecule has 35 heavy (non-hydrogen) atoms. The second-order valence-corrected chi connectivity index (χ2v) is 8.98. The molecule has 0 amide bonds. The van der Waals surface area contributed by atoms with Crippen molar-refractivity contribution in [1.29, 1.82) is 0 Å². The zero-order valence-electron chi connectivity index (χ0n) is 19.9. The van der Waals surface area contributed by atoms with Crippen LogP contribution < -0.4 is 4.74 Å². The quantitative estimate of drug-likeness (QED) is 0.295. The lowest BCUT2D eigenvalue weighted by Gasteiger charge is -2.32. The zero-order chi connectivity index (χ0) is 24.5. The van der Waals surface area contributed by atoms with E-state index in [1.54, 1.807) is 0 Å². The molecule has 3 aliphatic rings. The molecule has 3 fully saturated rings. The summed E-state index contributed by atoms with van der Waals surface area (Å²) in [5.41, 5.74) is 0.185. The second kappa shape index (κ2) is 12.9. The molecule has 2 aliphatic heterocycles. The molecule has 0 spiro atoms. The number of rotatable bonds is 10. The molecule has 1 N–H and O–H groups in total. The minimum atomic E-state index is -1.17. The van der Waals surface area contributed by atoms with E-state index in [0.717, 1.165) is 50.4 Å². The van der Waals surface area contributed by atoms with Gasteiger partial charge in [-0.3, -0.25) is 4.79 Å². The maximum atomic E-state index is 12.9. The third kappa shape index (κ3) is 7.40. The molecule has 8 heteroatoms.